The summed E-state index contributed by atoms with van der Waals surface area (Å²) in [4.78, 5) is 12.3. The molecule has 0 aliphatic rings. The number of halogens is 1. The van der Waals surface area contributed by atoms with E-state index in [-0.39, 0.29) is 11.6 Å². The van der Waals surface area contributed by atoms with E-state index in [1.807, 2.05) is 39.0 Å². The summed E-state index contributed by atoms with van der Waals surface area (Å²) in [5.74, 6) is -0.138. The Bertz CT molecular complexity index is 670. The van der Waals surface area contributed by atoms with Crippen molar-refractivity contribution in [3.63, 3.8) is 0 Å². The van der Waals surface area contributed by atoms with Gasteiger partial charge in [0.1, 0.15) is 11.6 Å². The first-order valence-corrected chi connectivity index (χ1v) is 7.30. The summed E-state index contributed by atoms with van der Waals surface area (Å²) in [5.41, 5.74) is 2.18. The van der Waals surface area contributed by atoms with Crippen LogP contribution in [0.1, 0.15) is 24.5 Å². The van der Waals surface area contributed by atoms with Crippen molar-refractivity contribution in [2.24, 2.45) is 0 Å². The fourth-order valence-corrected chi connectivity index (χ4v) is 2.09. The van der Waals surface area contributed by atoms with Gasteiger partial charge in [-0.25, -0.2) is 4.39 Å². The molecular formula is C18H20FNO2. The van der Waals surface area contributed by atoms with Gasteiger partial charge in [0.15, 0.2) is 6.10 Å². The third-order valence-corrected chi connectivity index (χ3v) is 3.41. The maximum atomic E-state index is 13.6. The maximum Gasteiger partial charge on any atom is 0.265 e. The van der Waals surface area contributed by atoms with Gasteiger partial charge in [0.05, 0.1) is 5.69 Å². The highest BCUT2D eigenvalue weighted by atomic mass is 19.1. The summed E-state index contributed by atoms with van der Waals surface area (Å²) in [6.07, 6.45) is -0.173. The number of hydrogen-bond acceptors (Lipinski definition) is 2. The van der Waals surface area contributed by atoms with Crippen LogP contribution in [-0.4, -0.2) is 12.0 Å². The monoisotopic (exact) mass is 301 g/mol. The zero-order valence-electron chi connectivity index (χ0n) is 13.0. The summed E-state index contributed by atoms with van der Waals surface area (Å²) >= 11 is 0. The van der Waals surface area contributed by atoms with Gasteiger partial charge in [-0.3, -0.25) is 4.79 Å². The van der Waals surface area contributed by atoms with Crippen molar-refractivity contribution in [3.05, 3.63) is 59.4 Å². The van der Waals surface area contributed by atoms with Crippen molar-refractivity contribution >= 4 is 11.6 Å². The molecule has 2 aromatic carbocycles. The number of carbonyl (C=O) groups is 1. The van der Waals surface area contributed by atoms with Crippen LogP contribution in [0, 0.1) is 19.7 Å². The summed E-state index contributed by atoms with van der Waals surface area (Å²) in [7, 11) is 0. The van der Waals surface area contributed by atoms with Crippen LogP contribution in [0.4, 0.5) is 10.1 Å². The zero-order valence-corrected chi connectivity index (χ0v) is 13.0. The van der Waals surface area contributed by atoms with Gasteiger partial charge in [0, 0.05) is 0 Å². The largest absolute Gasteiger partial charge is 0.480 e. The predicted molar refractivity (Wildman–Crippen MR) is 85.7 cm³/mol. The van der Waals surface area contributed by atoms with Crippen LogP contribution in [0.3, 0.4) is 0 Å². The van der Waals surface area contributed by atoms with E-state index < -0.39 is 11.9 Å². The van der Waals surface area contributed by atoms with Crippen molar-refractivity contribution in [2.45, 2.75) is 33.3 Å². The van der Waals surface area contributed by atoms with E-state index >= 15 is 0 Å². The van der Waals surface area contributed by atoms with Crippen LogP contribution >= 0.6 is 0 Å². The van der Waals surface area contributed by atoms with Gasteiger partial charge in [-0.1, -0.05) is 31.2 Å². The molecule has 1 amide bonds. The van der Waals surface area contributed by atoms with Crippen molar-refractivity contribution in [1.29, 1.82) is 0 Å². The van der Waals surface area contributed by atoms with Gasteiger partial charge < -0.3 is 10.1 Å². The van der Waals surface area contributed by atoms with Gasteiger partial charge in [-0.2, -0.15) is 0 Å². The normalized spacial score (nSPS) is 11.8. The molecule has 2 aromatic rings. The molecule has 0 radical (unpaired) electrons. The average molecular weight is 301 g/mol. The summed E-state index contributed by atoms with van der Waals surface area (Å²) in [6, 6.07) is 11.9. The Hall–Kier alpha value is -2.36. The Labute approximate surface area is 130 Å². The van der Waals surface area contributed by atoms with Gasteiger partial charge in [0.2, 0.25) is 0 Å². The topological polar surface area (TPSA) is 38.3 Å². The van der Waals surface area contributed by atoms with Crippen molar-refractivity contribution < 1.29 is 13.9 Å². The second-order valence-electron chi connectivity index (χ2n) is 5.25. The molecule has 0 saturated heterocycles. The minimum Gasteiger partial charge on any atom is -0.480 e. The van der Waals surface area contributed by atoms with E-state index in [2.05, 4.69) is 5.32 Å². The standard InChI is InChI=1S/C18H20FNO2/c1-4-16(22-17-11-12(2)9-10-13(17)3)18(21)20-15-8-6-5-7-14(15)19/h5-11,16H,4H2,1-3H3,(H,20,21)/t16-/m1/s1. The molecule has 0 fully saturated rings. The Kier molecular flexibility index (Phi) is 5.15. The number of hydrogen-bond donors (Lipinski definition) is 1. The SMILES string of the molecule is CC[C@@H](Oc1cc(C)ccc1C)C(=O)Nc1ccccc1F. The number of rotatable bonds is 5. The minimum atomic E-state index is -0.667. The van der Waals surface area contributed by atoms with Crippen molar-refractivity contribution in [3.8, 4) is 5.75 Å². The number of nitrogens with one attached hydrogen (secondary N) is 1. The summed E-state index contributed by atoms with van der Waals surface area (Å²) in [6.45, 7) is 5.75. The first-order chi connectivity index (χ1) is 10.5. The van der Waals surface area contributed by atoms with Gasteiger partial charge >= 0.3 is 0 Å². The molecule has 0 aliphatic heterocycles. The molecule has 1 atom stereocenters. The van der Waals surface area contributed by atoms with E-state index in [4.69, 9.17) is 4.74 Å². The van der Waals surface area contributed by atoms with Gasteiger partial charge in [-0.15, -0.1) is 0 Å². The Morgan fingerprint density at radius 3 is 2.64 bits per heavy atom. The van der Waals surface area contributed by atoms with Gasteiger partial charge in [0.25, 0.3) is 5.91 Å². The molecule has 3 nitrogen and oxygen atoms in total. The maximum absolute atomic E-state index is 13.6. The summed E-state index contributed by atoms with van der Waals surface area (Å²) in [5, 5.41) is 2.58. The molecule has 0 aromatic heterocycles. The molecule has 0 saturated carbocycles. The highest BCUT2D eigenvalue weighted by Gasteiger charge is 2.20. The number of aryl methyl sites for hydroxylation is 2. The van der Waals surface area contributed by atoms with Crippen LogP contribution in [0.2, 0.25) is 0 Å². The van der Waals surface area contributed by atoms with Crippen LogP contribution in [0.5, 0.6) is 5.75 Å². The Morgan fingerprint density at radius 1 is 1.23 bits per heavy atom. The Balaban J connectivity index is 2.12. The molecule has 4 heteroatoms. The Morgan fingerprint density at radius 2 is 1.95 bits per heavy atom. The van der Waals surface area contributed by atoms with E-state index in [0.29, 0.717) is 12.2 Å². The zero-order chi connectivity index (χ0) is 16.1. The molecule has 1 N–H and O–H groups in total. The second kappa shape index (κ2) is 7.07. The van der Waals surface area contributed by atoms with Crippen LogP contribution in [-0.2, 0) is 4.79 Å². The molecule has 0 unspecified atom stereocenters. The molecular weight excluding hydrogens is 281 g/mol. The van der Waals surface area contributed by atoms with Crippen molar-refractivity contribution in [2.75, 3.05) is 5.32 Å². The molecule has 22 heavy (non-hydrogen) atoms. The number of ether oxygens (including phenoxy) is 1. The van der Waals surface area contributed by atoms with Crippen LogP contribution < -0.4 is 10.1 Å². The molecule has 0 aliphatic carbocycles. The minimum absolute atomic E-state index is 0.163. The highest BCUT2D eigenvalue weighted by molar-refractivity contribution is 5.94. The number of anilines is 1. The number of carbonyl (C=O) groups excluding carboxylic acids is 1. The molecule has 2 rings (SSSR count). The van der Waals surface area contributed by atoms with Crippen molar-refractivity contribution in [1.82, 2.24) is 0 Å². The lowest BCUT2D eigenvalue weighted by atomic mass is 10.1. The number of para-hydroxylation sites is 1. The number of amides is 1. The van der Waals surface area contributed by atoms with E-state index in [1.54, 1.807) is 12.1 Å². The van der Waals surface area contributed by atoms with Crippen LogP contribution in [0.15, 0.2) is 42.5 Å². The molecule has 0 heterocycles. The lowest BCUT2D eigenvalue weighted by Crippen LogP contribution is -2.32. The lowest BCUT2D eigenvalue weighted by molar-refractivity contribution is -0.122. The average Bonchev–Trinajstić information content (AvgIpc) is 2.50. The van der Waals surface area contributed by atoms with E-state index in [9.17, 15) is 9.18 Å². The molecule has 0 spiro atoms. The fourth-order valence-electron chi connectivity index (χ4n) is 2.09. The molecule has 116 valence electrons. The number of benzene rings is 2. The lowest BCUT2D eigenvalue weighted by Gasteiger charge is -2.19. The fraction of sp³-hybridized carbons (Fsp3) is 0.278. The second-order valence-corrected chi connectivity index (χ2v) is 5.25. The first-order valence-electron chi connectivity index (χ1n) is 7.30. The quantitative estimate of drug-likeness (QED) is 0.897. The van der Waals surface area contributed by atoms with Crippen LogP contribution in [0.25, 0.3) is 0 Å². The summed E-state index contributed by atoms with van der Waals surface area (Å²) < 4.78 is 19.4. The van der Waals surface area contributed by atoms with E-state index in [0.717, 1.165) is 11.1 Å². The highest BCUT2D eigenvalue weighted by Crippen LogP contribution is 2.22. The smallest absolute Gasteiger partial charge is 0.265 e. The first kappa shape index (κ1) is 16.0. The third-order valence-electron chi connectivity index (χ3n) is 3.41. The van der Waals surface area contributed by atoms with E-state index in [1.165, 1.54) is 12.1 Å². The van der Waals surface area contributed by atoms with Gasteiger partial charge in [-0.05, 0) is 49.6 Å². The molecule has 0 bridgehead atoms. The third kappa shape index (κ3) is 3.85. The predicted octanol–water partition coefficient (Wildman–Crippen LogP) is 4.24.